The molecular formula is C9H22N2O3S. The minimum atomic E-state index is -3.13. The van der Waals surface area contributed by atoms with Gasteiger partial charge in [-0.05, 0) is 26.9 Å². The lowest BCUT2D eigenvalue weighted by Gasteiger charge is -2.16. The molecule has 0 aliphatic rings. The predicted octanol–water partition coefficient (Wildman–Crippen LogP) is -0.106. The summed E-state index contributed by atoms with van der Waals surface area (Å²) in [6, 6.07) is 0. The van der Waals surface area contributed by atoms with Gasteiger partial charge in [0, 0.05) is 20.2 Å². The summed E-state index contributed by atoms with van der Waals surface area (Å²) in [6.07, 6.45) is 0.820. The fraction of sp³-hybridized carbons (Fsp3) is 1.00. The lowest BCUT2D eigenvalue weighted by atomic mass is 10.4. The smallest absolute Gasteiger partial charge is 0.216 e. The fourth-order valence-corrected chi connectivity index (χ4v) is 2.13. The van der Waals surface area contributed by atoms with E-state index in [0.29, 0.717) is 13.2 Å². The van der Waals surface area contributed by atoms with E-state index in [1.807, 2.05) is 14.0 Å². The molecule has 0 heterocycles. The van der Waals surface area contributed by atoms with Crippen molar-refractivity contribution in [2.24, 2.45) is 0 Å². The molecule has 0 unspecified atom stereocenters. The molecule has 15 heavy (non-hydrogen) atoms. The fourth-order valence-electron chi connectivity index (χ4n) is 1.08. The van der Waals surface area contributed by atoms with Gasteiger partial charge in [-0.1, -0.05) is 0 Å². The Balaban J connectivity index is 3.86. The second kappa shape index (κ2) is 8.04. The van der Waals surface area contributed by atoms with Gasteiger partial charge >= 0.3 is 0 Å². The van der Waals surface area contributed by atoms with Gasteiger partial charge in [0.05, 0.1) is 12.4 Å². The van der Waals surface area contributed by atoms with Crippen molar-refractivity contribution in [2.75, 3.05) is 46.2 Å². The Morgan fingerprint density at radius 3 is 2.60 bits per heavy atom. The topological polar surface area (TPSA) is 58.6 Å². The summed E-state index contributed by atoms with van der Waals surface area (Å²) in [5.41, 5.74) is 0. The van der Waals surface area contributed by atoms with Crippen LogP contribution in [0.5, 0.6) is 0 Å². The Hall–Kier alpha value is -0.170. The highest BCUT2D eigenvalue weighted by Gasteiger charge is 2.16. The zero-order valence-corrected chi connectivity index (χ0v) is 10.6. The first-order chi connectivity index (χ1) is 7.04. The van der Waals surface area contributed by atoms with E-state index in [1.165, 1.54) is 4.31 Å². The van der Waals surface area contributed by atoms with E-state index in [2.05, 4.69) is 5.32 Å². The van der Waals surface area contributed by atoms with Crippen LogP contribution in [0.2, 0.25) is 0 Å². The van der Waals surface area contributed by atoms with Crippen molar-refractivity contribution in [3.8, 4) is 0 Å². The Kier molecular flexibility index (Phi) is 7.95. The maximum Gasteiger partial charge on any atom is 0.216 e. The lowest BCUT2D eigenvalue weighted by Crippen LogP contribution is -2.32. The molecule has 5 nitrogen and oxygen atoms in total. The minimum Gasteiger partial charge on any atom is -0.381 e. The molecule has 0 spiro atoms. The van der Waals surface area contributed by atoms with Crippen molar-refractivity contribution in [2.45, 2.75) is 13.3 Å². The van der Waals surface area contributed by atoms with E-state index >= 15 is 0 Å². The van der Waals surface area contributed by atoms with Crippen LogP contribution in [-0.2, 0) is 14.8 Å². The van der Waals surface area contributed by atoms with Crippen LogP contribution in [0.3, 0.4) is 0 Å². The van der Waals surface area contributed by atoms with Gasteiger partial charge in [0.25, 0.3) is 0 Å². The monoisotopic (exact) mass is 238 g/mol. The van der Waals surface area contributed by atoms with Gasteiger partial charge in [-0.15, -0.1) is 0 Å². The quantitative estimate of drug-likeness (QED) is 0.570. The zero-order valence-electron chi connectivity index (χ0n) is 9.82. The molecule has 0 radical (unpaired) electrons. The highest BCUT2D eigenvalue weighted by Crippen LogP contribution is 1.99. The second-order valence-electron chi connectivity index (χ2n) is 3.29. The van der Waals surface area contributed by atoms with Crippen molar-refractivity contribution < 1.29 is 13.2 Å². The van der Waals surface area contributed by atoms with E-state index in [-0.39, 0.29) is 12.4 Å². The normalized spacial score (nSPS) is 12.3. The second-order valence-corrected chi connectivity index (χ2v) is 5.49. The summed E-state index contributed by atoms with van der Waals surface area (Å²) in [5, 5.41) is 2.98. The van der Waals surface area contributed by atoms with Crippen LogP contribution in [0.4, 0.5) is 0 Å². The molecule has 0 aliphatic heterocycles. The Morgan fingerprint density at radius 2 is 2.07 bits per heavy atom. The number of hydrogen-bond acceptors (Lipinski definition) is 4. The molecule has 0 saturated heterocycles. The van der Waals surface area contributed by atoms with Crippen LogP contribution in [0.25, 0.3) is 0 Å². The lowest BCUT2D eigenvalue weighted by molar-refractivity contribution is 0.162. The molecule has 0 atom stereocenters. The molecule has 0 fully saturated rings. The molecule has 0 rings (SSSR count). The molecule has 0 aromatic rings. The van der Waals surface area contributed by atoms with Gasteiger partial charge < -0.3 is 10.1 Å². The van der Waals surface area contributed by atoms with Crippen LogP contribution in [0.1, 0.15) is 13.3 Å². The van der Waals surface area contributed by atoms with E-state index in [1.54, 1.807) is 7.05 Å². The largest absolute Gasteiger partial charge is 0.381 e. The number of rotatable bonds is 9. The van der Waals surface area contributed by atoms with Crippen molar-refractivity contribution in [3.05, 3.63) is 0 Å². The summed E-state index contributed by atoms with van der Waals surface area (Å²) in [4.78, 5) is 0. The van der Waals surface area contributed by atoms with Gasteiger partial charge in [-0.25, -0.2) is 12.7 Å². The summed E-state index contributed by atoms with van der Waals surface area (Å²) >= 11 is 0. The van der Waals surface area contributed by atoms with Crippen molar-refractivity contribution in [1.29, 1.82) is 0 Å². The number of nitrogens with one attached hydrogen (secondary N) is 1. The van der Waals surface area contributed by atoms with Gasteiger partial charge in [0.15, 0.2) is 0 Å². The third kappa shape index (κ3) is 6.83. The van der Waals surface area contributed by atoms with Crippen LogP contribution < -0.4 is 5.32 Å². The first-order valence-electron chi connectivity index (χ1n) is 5.21. The van der Waals surface area contributed by atoms with Crippen LogP contribution in [-0.4, -0.2) is 58.9 Å². The minimum absolute atomic E-state index is 0.0664. The van der Waals surface area contributed by atoms with Crippen molar-refractivity contribution in [1.82, 2.24) is 9.62 Å². The molecule has 0 aromatic carbocycles. The summed E-state index contributed by atoms with van der Waals surface area (Å²) in [7, 11) is 0.326. The number of ether oxygens (including phenoxy) is 1. The third-order valence-corrected chi connectivity index (χ3v) is 3.88. The predicted molar refractivity (Wildman–Crippen MR) is 61.5 cm³/mol. The maximum atomic E-state index is 11.6. The highest BCUT2D eigenvalue weighted by molar-refractivity contribution is 7.89. The van der Waals surface area contributed by atoms with Gasteiger partial charge in [-0.2, -0.15) is 0 Å². The highest BCUT2D eigenvalue weighted by atomic mass is 32.2. The number of sulfonamides is 1. The maximum absolute atomic E-state index is 11.6. The summed E-state index contributed by atoms with van der Waals surface area (Å²) < 4.78 is 29.7. The van der Waals surface area contributed by atoms with Crippen molar-refractivity contribution in [3.63, 3.8) is 0 Å². The van der Waals surface area contributed by atoms with Gasteiger partial charge in [-0.3, -0.25) is 0 Å². The number of nitrogens with zero attached hydrogens (tertiary/aromatic N) is 1. The Labute approximate surface area is 92.8 Å². The van der Waals surface area contributed by atoms with E-state index in [4.69, 9.17) is 4.74 Å². The SMILES string of the molecule is CCOCCS(=O)(=O)N(C)CCCNC. The average Bonchev–Trinajstić information content (AvgIpc) is 2.18. The van der Waals surface area contributed by atoms with Gasteiger partial charge in [0.2, 0.25) is 10.0 Å². The zero-order chi connectivity index (χ0) is 11.7. The van der Waals surface area contributed by atoms with Crippen LogP contribution in [0.15, 0.2) is 0 Å². The van der Waals surface area contributed by atoms with Crippen molar-refractivity contribution >= 4 is 10.0 Å². The molecular weight excluding hydrogens is 216 g/mol. The molecule has 0 saturated carbocycles. The summed E-state index contributed by atoms with van der Waals surface area (Å²) in [5.74, 6) is 0.0664. The molecule has 0 aromatic heterocycles. The molecule has 1 N–H and O–H groups in total. The average molecular weight is 238 g/mol. The molecule has 0 amide bonds. The number of hydrogen-bond donors (Lipinski definition) is 1. The molecule has 0 aliphatic carbocycles. The molecule has 0 bridgehead atoms. The van der Waals surface area contributed by atoms with E-state index < -0.39 is 10.0 Å². The summed E-state index contributed by atoms with van der Waals surface area (Å²) in [6.45, 7) is 4.05. The molecule has 92 valence electrons. The van der Waals surface area contributed by atoms with E-state index in [9.17, 15) is 8.42 Å². The third-order valence-electron chi connectivity index (χ3n) is 2.06. The van der Waals surface area contributed by atoms with Gasteiger partial charge in [0.1, 0.15) is 0 Å². The first kappa shape index (κ1) is 14.8. The van der Waals surface area contributed by atoms with Crippen LogP contribution >= 0.6 is 0 Å². The standard InChI is InChI=1S/C9H22N2O3S/c1-4-14-8-9-15(12,13)11(3)7-5-6-10-2/h10H,4-9H2,1-3H3. The van der Waals surface area contributed by atoms with Crippen LogP contribution in [0, 0.1) is 0 Å². The first-order valence-corrected chi connectivity index (χ1v) is 6.82. The molecule has 6 heteroatoms. The van der Waals surface area contributed by atoms with E-state index in [0.717, 1.165) is 13.0 Å². The Bertz CT molecular complexity index is 242. The Morgan fingerprint density at radius 1 is 1.40 bits per heavy atom.